The number of benzene rings is 1. The molecule has 0 atom stereocenters. The zero-order valence-electron chi connectivity index (χ0n) is 14.6. The summed E-state index contributed by atoms with van der Waals surface area (Å²) >= 11 is -0.787. The van der Waals surface area contributed by atoms with E-state index in [1.165, 1.54) is 25.4 Å². The predicted octanol–water partition coefficient (Wildman–Crippen LogP) is -1.16. The smallest absolute Gasteiger partial charge is 1.00 e. The third kappa shape index (κ3) is 3.28. The standard InChI is InChI=1S/C10H15.C9H8N.2ClH.Zr/c1-7-6-10(4,5)9(3)8(7)2;1-7-6-10-9-5-3-2-4-8(7)9;;;/h1-5H3;2-5,10H,1H3;2*1H;/q;;;;+2/p-2. The van der Waals surface area contributed by atoms with Gasteiger partial charge in [0, 0.05) is 0 Å². The first-order valence-corrected chi connectivity index (χ1v) is 10.0. The molecule has 23 heavy (non-hydrogen) atoms. The van der Waals surface area contributed by atoms with Crippen molar-refractivity contribution in [3.8, 4) is 0 Å². The minimum absolute atomic E-state index is 0. The van der Waals surface area contributed by atoms with Crippen molar-refractivity contribution >= 4 is 14.3 Å². The minimum Gasteiger partial charge on any atom is -1.00 e. The van der Waals surface area contributed by atoms with Gasteiger partial charge in [0.25, 0.3) is 0 Å². The van der Waals surface area contributed by atoms with E-state index in [-0.39, 0.29) is 30.2 Å². The maximum Gasteiger partial charge on any atom is -1.00 e. The molecule has 0 unspecified atom stereocenters. The van der Waals surface area contributed by atoms with Gasteiger partial charge in [-0.05, 0) is 0 Å². The first-order valence-electron chi connectivity index (χ1n) is 7.58. The number of aryl methyl sites for hydroxylation is 1. The van der Waals surface area contributed by atoms with Crippen LogP contribution in [0.3, 0.4) is 0 Å². The van der Waals surface area contributed by atoms with E-state index in [0.717, 1.165) is 0 Å². The van der Waals surface area contributed by atoms with Gasteiger partial charge in [0.15, 0.2) is 0 Å². The molecule has 0 spiro atoms. The normalized spacial score (nSPS) is 16.3. The molecule has 122 valence electrons. The molecule has 4 heteroatoms. The van der Waals surface area contributed by atoms with Gasteiger partial charge in [0.2, 0.25) is 0 Å². The molecule has 0 bridgehead atoms. The number of allylic oxidation sites excluding steroid dienone is 4. The molecule has 2 aromatic rings. The Hall–Kier alpha value is -0.297. The molecule has 0 aliphatic heterocycles. The molecule has 0 saturated carbocycles. The Morgan fingerprint density at radius 3 is 2.04 bits per heavy atom. The van der Waals surface area contributed by atoms with Gasteiger partial charge in [0.05, 0.1) is 0 Å². The quantitative estimate of drug-likeness (QED) is 0.623. The van der Waals surface area contributed by atoms with E-state index >= 15 is 0 Å². The average molecular weight is 428 g/mol. The van der Waals surface area contributed by atoms with Crippen molar-refractivity contribution < 1.29 is 48.0 Å². The number of nitrogens with one attached hydrogen (secondary N) is 1. The molecule has 1 aliphatic rings. The van der Waals surface area contributed by atoms with Crippen molar-refractivity contribution in [1.29, 1.82) is 0 Å². The molecule has 1 aromatic carbocycles. The maximum absolute atomic E-state index is 3.70. The van der Waals surface area contributed by atoms with Gasteiger partial charge >= 0.3 is 139 Å². The van der Waals surface area contributed by atoms with Crippen LogP contribution in [0.25, 0.3) is 10.9 Å². The van der Waals surface area contributed by atoms with Crippen LogP contribution in [0.1, 0.15) is 40.2 Å². The summed E-state index contributed by atoms with van der Waals surface area (Å²) in [5.41, 5.74) is 7.65. The van der Waals surface area contributed by atoms with Crippen molar-refractivity contribution in [2.45, 2.75) is 41.5 Å². The monoisotopic (exact) mass is 425 g/mol. The number of halogens is 2. The number of H-pyrrole nitrogens is 1. The zero-order chi connectivity index (χ0) is 15.4. The fraction of sp³-hybridized carbons (Fsp3) is 0.368. The molecule has 0 saturated heterocycles. The Morgan fingerprint density at radius 2 is 1.52 bits per heavy atom. The van der Waals surface area contributed by atoms with Crippen LogP contribution in [-0.4, -0.2) is 4.98 Å². The molecule has 1 aliphatic carbocycles. The van der Waals surface area contributed by atoms with E-state index in [2.05, 4.69) is 70.8 Å². The summed E-state index contributed by atoms with van der Waals surface area (Å²) in [7, 11) is 0. The van der Waals surface area contributed by atoms with Crippen LogP contribution in [0.5, 0.6) is 0 Å². The molecular weight excluding hydrogens is 404 g/mol. The predicted molar refractivity (Wildman–Crippen MR) is 87.5 cm³/mol. The number of para-hydroxylation sites is 1. The molecule has 0 fully saturated rings. The molecule has 1 N–H and O–H groups in total. The van der Waals surface area contributed by atoms with Crippen molar-refractivity contribution in [1.82, 2.24) is 4.98 Å². The Balaban J connectivity index is 0.00000132. The van der Waals surface area contributed by atoms with Crippen LogP contribution >= 0.6 is 0 Å². The van der Waals surface area contributed by atoms with Gasteiger partial charge in [-0.3, -0.25) is 0 Å². The van der Waals surface area contributed by atoms with E-state index in [9.17, 15) is 0 Å². The molecule has 1 heterocycles. The number of aromatic nitrogens is 1. The second-order valence-corrected chi connectivity index (χ2v) is 9.74. The summed E-state index contributed by atoms with van der Waals surface area (Å²) in [6.45, 7) is 14.0. The average Bonchev–Trinajstić information content (AvgIpc) is 2.85. The Bertz CT molecular complexity index is 797. The van der Waals surface area contributed by atoms with Gasteiger partial charge in [0.1, 0.15) is 0 Å². The fourth-order valence-electron chi connectivity index (χ4n) is 3.38. The van der Waals surface area contributed by atoms with Crippen LogP contribution < -0.4 is 28.2 Å². The van der Waals surface area contributed by atoms with E-state index in [0.29, 0.717) is 0 Å². The topological polar surface area (TPSA) is 15.8 Å². The second kappa shape index (κ2) is 7.30. The Kier molecular flexibility index (Phi) is 6.58. The molecular formula is C19H23Cl2NZr. The van der Waals surface area contributed by atoms with Gasteiger partial charge in [-0.2, -0.15) is 0 Å². The third-order valence-electron chi connectivity index (χ3n) is 5.28. The first kappa shape index (κ1) is 20.7. The van der Waals surface area contributed by atoms with E-state index < -0.39 is 23.2 Å². The van der Waals surface area contributed by atoms with Crippen molar-refractivity contribution in [3.63, 3.8) is 0 Å². The maximum atomic E-state index is 3.70. The van der Waals surface area contributed by atoms with Crippen LogP contribution in [0, 0.1) is 12.3 Å². The van der Waals surface area contributed by atoms with Crippen LogP contribution in [0.4, 0.5) is 0 Å². The number of fused-ring (bicyclic) bond motifs is 1. The van der Waals surface area contributed by atoms with Crippen LogP contribution in [0.2, 0.25) is 0 Å². The van der Waals surface area contributed by atoms with Gasteiger partial charge in [-0.25, -0.2) is 0 Å². The van der Waals surface area contributed by atoms with E-state index in [4.69, 9.17) is 0 Å². The minimum atomic E-state index is -0.787. The summed E-state index contributed by atoms with van der Waals surface area (Å²) < 4.78 is 3.26. The summed E-state index contributed by atoms with van der Waals surface area (Å²) in [5.74, 6) is 0. The Labute approximate surface area is 163 Å². The second-order valence-electron chi connectivity index (χ2n) is 6.67. The van der Waals surface area contributed by atoms with Crippen molar-refractivity contribution in [2.24, 2.45) is 5.41 Å². The van der Waals surface area contributed by atoms with Crippen LogP contribution in [0.15, 0.2) is 44.3 Å². The van der Waals surface area contributed by atoms with Gasteiger partial charge in [-0.15, -0.1) is 0 Å². The zero-order valence-corrected chi connectivity index (χ0v) is 18.5. The van der Waals surface area contributed by atoms with Gasteiger partial charge < -0.3 is 24.8 Å². The van der Waals surface area contributed by atoms with E-state index in [1.807, 2.05) is 0 Å². The molecule has 3 rings (SSSR count). The Morgan fingerprint density at radius 1 is 0.913 bits per heavy atom. The van der Waals surface area contributed by atoms with E-state index in [1.54, 1.807) is 14.4 Å². The summed E-state index contributed by atoms with van der Waals surface area (Å²) in [5, 5.41) is 1.39. The largest absolute Gasteiger partial charge is 1.00 e. The summed E-state index contributed by atoms with van der Waals surface area (Å²) in [6.07, 6.45) is 0. The number of aromatic amines is 1. The van der Waals surface area contributed by atoms with Crippen molar-refractivity contribution in [2.75, 3.05) is 0 Å². The first-order chi connectivity index (χ1) is 9.84. The molecule has 0 amide bonds. The SMILES string of the molecule is CC1=C(C)C(C)(C)[C]([Zr+2][c]2[nH]c3ccccc3c2C)=C1C.[Cl-].[Cl-]. The number of hydrogen-bond donors (Lipinski definition) is 1. The summed E-state index contributed by atoms with van der Waals surface area (Å²) in [6, 6.07) is 8.69. The third-order valence-corrected chi connectivity index (χ3v) is 10.2. The molecule has 1 aromatic heterocycles. The van der Waals surface area contributed by atoms with Crippen LogP contribution in [-0.2, 0) is 23.2 Å². The molecule has 1 nitrogen and oxygen atoms in total. The summed E-state index contributed by atoms with van der Waals surface area (Å²) in [4.78, 5) is 3.70. The fourth-order valence-corrected chi connectivity index (χ4v) is 7.42. The number of hydrogen-bond acceptors (Lipinski definition) is 0. The molecule has 0 radical (unpaired) electrons. The van der Waals surface area contributed by atoms with Gasteiger partial charge in [-0.1, -0.05) is 0 Å². The van der Waals surface area contributed by atoms with Crippen molar-refractivity contribution in [3.05, 3.63) is 49.8 Å². The number of rotatable bonds is 2.